The quantitative estimate of drug-likeness (QED) is 0.257. The monoisotopic (exact) mass is 161 g/mol. The molecular weight excluding hydrogens is 154 g/mol. The molecule has 0 heterocycles. The molecule has 51 valence electrons. The maximum Gasteiger partial charge on any atom is 0.466 e. The third kappa shape index (κ3) is 642. The van der Waals surface area contributed by atoms with Gasteiger partial charge in [-0.15, -0.1) is 0 Å². The van der Waals surface area contributed by atoms with Crippen LogP contribution in [0.3, 0.4) is 0 Å². The summed E-state index contributed by atoms with van der Waals surface area (Å²) in [6.45, 7) is 0. The first-order valence-corrected chi connectivity index (χ1v) is 2.35. The molecule has 0 rings (SSSR count). The van der Waals surface area contributed by atoms with Gasteiger partial charge in [-0.1, -0.05) is 0 Å². The first-order valence-electron chi connectivity index (χ1n) is 0.783. The SMILES string of the molecule is O.O.O=P(O)(O)O.[Al]. The smallest absolute Gasteiger partial charge is 0.412 e. The Morgan fingerprint density at radius 1 is 1.00 bits per heavy atom. The fourth-order valence-corrected chi connectivity index (χ4v) is 0. The minimum absolute atomic E-state index is 0. The predicted octanol–water partition coefficient (Wildman–Crippen LogP) is -2.96. The lowest BCUT2D eigenvalue weighted by Gasteiger charge is -1.82. The summed E-state index contributed by atoms with van der Waals surface area (Å²) in [5.41, 5.74) is 0. The average Bonchev–Trinajstić information content (AvgIpc) is 0.722. The van der Waals surface area contributed by atoms with E-state index < -0.39 is 7.82 Å². The molecule has 6 nitrogen and oxygen atoms in total. The maximum atomic E-state index is 8.88. The summed E-state index contributed by atoms with van der Waals surface area (Å²) in [5.74, 6) is 0. The van der Waals surface area contributed by atoms with Crippen LogP contribution in [0, 0.1) is 0 Å². The van der Waals surface area contributed by atoms with Gasteiger partial charge in [-0.2, -0.15) is 0 Å². The molecule has 0 aliphatic carbocycles. The minimum atomic E-state index is -4.64. The molecule has 0 amide bonds. The van der Waals surface area contributed by atoms with Crippen molar-refractivity contribution in [2.24, 2.45) is 0 Å². The van der Waals surface area contributed by atoms with E-state index in [-0.39, 0.29) is 28.3 Å². The first-order chi connectivity index (χ1) is 2.00. The van der Waals surface area contributed by atoms with Crippen LogP contribution in [-0.4, -0.2) is 43.0 Å². The number of phosphoric acid groups is 1. The molecule has 0 aliphatic rings. The van der Waals surface area contributed by atoms with Crippen LogP contribution in [0.15, 0.2) is 0 Å². The van der Waals surface area contributed by atoms with Crippen molar-refractivity contribution in [3.63, 3.8) is 0 Å². The van der Waals surface area contributed by atoms with Gasteiger partial charge in [0.2, 0.25) is 0 Å². The molecule has 0 unspecified atom stereocenters. The first kappa shape index (κ1) is 23.5. The Morgan fingerprint density at radius 3 is 1.00 bits per heavy atom. The molecule has 0 bridgehead atoms. The predicted molar refractivity (Wildman–Crippen MR) is 27.2 cm³/mol. The highest BCUT2D eigenvalue weighted by molar-refractivity contribution is 7.45. The van der Waals surface area contributed by atoms with Crippen molar-refractivity contribution in [3.05, 3.63) is 0 Å². The Kier molecular flexibility index (Phi) is 22.2. The van der Waals surface area contributed by atoms with Gasteiger partial charge in [-0.05, 0) is 0 Å². The van der Waals surface area contributed by atoms with E-state index in [0.29, 0.717) is 0 Å². The van der Waals surface area contributed by atoms with Crippen molar-refractivity contribution in [1.29, 1.82) is 0 Å². The number of rotatable bonds is 0. The van der Waals surface area contributed by atoms with E-state index >= 15 is 0 Å². The van der Waals surface area contributed by atoms with Crippen LogP contribution in [0.25, 0.3) is 0 Å². The van der Waals surface area contributed by atoms with Crippen molar-refractivity contribution >= 4 is 25.2 Å². The lowest BCUT2D eigenvalue weighted by Crippen LogP contribution is -1.66. The van der Waals surface area contributed by atoms with Crippen LogP contribution >= 0.6 is 7.82 Å². The van der Waals surface area contributed by atoms with Gasteiger partial charge in [0, 0.05) is 17.4 Å². The molecule has 0 saturated heterocycles. The highest BCUT2D eigenvalue weighted by atomic mass is 31.2. The molecule has 0 spiro atoms. The zero-order valence-corrected chi connectivity index (χ0v) is 5.82. The average molecular weight is 161 g/mol. The molecule has 0 aromatic heterocycles. The summed E-state index contributed by atoms with van der Waals surface area (Å²) in [5, 5.41) is 0. The molecular formula is H7AlO6P. The molecule has 7 N–H and O–H groups in total. The standard InChI is InChI=1S/Al.H3O4P.2H2O/c;1-5(2,3)4;;/h;(H3,1,2,3,4);2*1H2. The van der Waals surface area contributed by atoms with E-state index in [1.165, 1.54) is 0 Å². The van der Waals surface area contributed by atoms with Gasteiger partial charge in [-0.3, -0.25) is 0 Å². The Hall–Kier alpha value is 0.562. The third-order valence-electron chi connectivity index (χ3n) is 0. The van der Waals surface area contributed by atoms with Gasteiger partial charge >= 0.3 is 7.82 Å². The zero-order chi connectivity index (χ0) is 4.50. The van der Waals surface area contributed by atoms with E-state index in [4.69, 9.17) is 19.2 Å². The van der Waals surface area contributed by atoms with Crippen molar-refractivity contribution in [3.8, 4) is 0 Å². The second-order valence-corrected chi connectivity index (χ2v) is 1.54. The summed E-state index contributed by atoms with van der Waals surface area (Å²) in [4.78, 5) is 21.6. The Balaban J connectivity index is -0.0000000267. The third-order valence-corrected chi connectivity index (χ3v) is 0. The van der Waals surface area contributed by atoms with E-state index in [9.17, 15) is 0 Å². The fourth-order valence-electron chi connectivity index (χ4n) is 0. The Labute approximate surface area is 56.1 Å². The van der Waals surface area contributed by atoms with E-state index in [1.807, 2.05) is 0 Å². The van der Waals surface area contributed by atoms with E-state index in [1.54, 1.807) is 0 Å². The van der Waals surface area contributed by atoms with Gasteiger partial charge in [0.1, 0.15) is 0 Å². The summed E-state index contributed by atoms with van der Waals surface area (Å²) in [6, 6.07) is 0. The summed E-state index contributed by atoms with van der Waals surface area (Å²) < 4.78 is 8.88. The van der Waals surface area contributed by atoms with Gasteiger partial charge in [0.15, 0.2) is 0 Å². The number of hydrogen-bond acceptors (Lipinski definition) is 1. The topological polar surface area (TPSA) is 141 Å². The van der Waals surface area contributed by atoms with Crippen LogP contribution in [-0.2, 0) is 4.57 Å². The molecule has 0 fully saturated rings. The van der Waals surface area contributed by atoms with Gasteiger partial charge in [0.05, 0.1) is 0 Å². The molecule has 3 radical (unpaired) electrons. The lowest BCUT2D eigenvalue weighted by atomic mass is 15.8. The van der Waals surface area contributed by atoms with Crippen molar-refractivity contribution in [2.75, 3.05) is 0 Å². The van der Waals surface area contributed by atoms with Gasteiger partial charge < -0.3 is 25.6 Å². The van der Waals surface area contributed by atoms with Crippen LogP contribution in [0.1, 0.15) is 0 Å². The fraction of sp³-hybridized carbons (Fsp3) is 0. The molecule has 0 aromatic carbocycles. The largest absolute Gasteiger partial charge is 0.466 e. The van der Waals surface area contributed by atoms with Gasteiger partial charge in [-0.25, -0.2) is 4.57 Å². The zero-order valence-electron chi connectivity index (χ0n) is 3.77. The van der Waals surface area contributed by atoms with Crippen LogP contribution in [0.4, 0.5) is 0 Å². The second-order valence-electron chi connectivity index (χ2n) is 0.513. The summed E-state index contributed by atoms with van der Waals surface area (Å²) in [6.07, 6.45) is 0. The van der Waals surface area contributed by atoms with Crippen molar-refractivity contribution < 1.29 is 30.2 Å². The molecule has 8 heteroatoms. The highest BCUT2D eigenvalue weighted by Gasteiger charge is 2.00. The molecule has 8 heavy (non-hydrogen) atoms. The van der Waals surface area contributed by atoms with E-state index in [2.05, 4.69) is 0 Å². The van der Waals surface area contributed by atoms with Crippen molar-refractivity contribution in [1.82, 2.24) is 0 Å². The van der Waals surface area contributed by atoms with Crippen molar-refractivity contribution in [2.45, 2.75) is 0 Å². The molecule has 0 saturated carbocycles. The number of hydrogen-bond donors (Lipinski definition) is 3. The maximum absolute atomic E-state index is 8.88. The molecule has 0 atom stereocenters. The summed E-state index contributed by atoms with van der Waals surface area (Å²) >= 11 is 0. The highest BCUT2D eigenvalue weighted by Crippen LogP contribution is 2.25. The van der Waals surface area contributed by atoms with Gasteiger partial charge in [0.25, 0.3) is 0 Å². The minimum Gasteiger partial charge on any atom is -0.412 e. The normalized spacial score (nSPS) is 7.38. The van der Waals surface area contributed by atoms with Crippen LogP contribution in [0.5, 0.6) is 0 Å². The Bertz CT molecular complexity index is 54.7. The molecule has 0 aliphatic heterocycles. The van der Waals surface area contributed by atoms with Crippen LogP contribution in [0.2, 0.25) is 0 Å². The van der Waals surface area contributed by atoms with Crippen LogP contribution < -0.4 is 0 Å². The lowest BCUT2D eigenvalue weighted by molar-refractivity contribution is 0.275. The molecule has 0 aromatic rings. The Morgan fingerprint density at radius 2 is 1.00 bits per heavy atom. The summed E-state index contributed by atoms with van der Waals surface area (Å²) in [7, 11) is -4.64. The van der Waals surface area contributed by atoms with E-state index in [0.717, 1.165) is 0 Å². The second kappa shape index (κ2) is 7.56.